The van der Waals surface area contributed by atoms with Crippen LogP contribution in [0.4, 0.5) is 4.79 Å². The van der Waals surface area contributed by atoms with Crippen LogP contribution in [0.5, 0.6) is 0 Å². The van der Waals surface area contributed by atoms with Crippen LogP contribution in [-0.2, 0) is 15.9 Å². The number of nitrogens with zero attached hydrogens (tertiary/aromatic N) is 1. The molecule has 2 fully saturated rings. The highest BCUT2D eigenvalue weighted by Crippen LogP contribution is 2.45. The van der Waals surface area contributed by atoms with Crippen LogP contribution < -0.4 is 0 Å². The summed E-state index contributed by atoms with van der Waals surface area (Å²) in [5, 5.41) is 23.4. The van der Waals surface area contributed by atoms with Crippen molar-refractivity contribution in [3.05, 3.63) is 144 Å². The normalized spacial score (nSPS) is 16.4. The van der Waals surface area contributed by atoms with Crippen molar-refractivity contribution in [2.75, 3.05) is 6.54 Å². The van der Waals surface area contributed by atoms with Gasteiger partial charge in [-0.15, -0.1) is 0 Å². The molecule has 0 bridgehead atoms. The van der Waals surface area contributed by atoms with Crippen LogP contribution >= 0.6 is 27.0 Å². The van der Waals surface area contributed by atoms with Crippen LogP contribution in [0.2, 0.25) is 0 Å². The molecule has 0 unspecified atom stereocenters. The second-order valence-corrected chi connectivity index (χ2v) is 13.3. The van der Waals surface area contributed by atoms with Gasteiger partial charge in [0, 0.05) is 6.54 Å². The van der Waals surface area contributed by atoms with E-state index < -0.39 is 16.8 Å². The first-order valence-corrected chi connectivity index (χ1v) is 16.3. The van der Waals surface area contributed by atoms with Gasteiger partial charge in [-0.2, -0.15) is 27.0 Å². The Kier molecular flexibility index (Phi) is 15.3. The van der Waals surface area contributed by atoms with Crippen LogP contribution in [0.1, 0.15) is 89.0 Å². The van der Waals surface area contributed by atoms with Gasteiger partial charge in [0.2, 0.25) is 0 Å². The molecule has 2 aliphatic rings. The molecule has 5 nitrogen and oxygen atoms in total. The summed E-state index contributed by atoms with van der Waals surface area (Å²) >= 11 is 0. The predicted octanol–water partition coefficient (Wildman–Crippen LogP) is 9.30. The summed E-state index contributed by atoms with van der Waals surface area (Å²) in [6, 6.07) is 39.0. The summed E-state index contributed by atoms with van der Waals surface area (Å²) in [4.78, 5) is 14.5. The minimum atomic E-state index is -1.28. The number of ether oxygens (including phenoxy) is 1. The SMILES string of the molecule is C.CC(C)(C)OC(=O)N1CCC[C@H]1C(O)(c1ccccc1)c1ccccc1.OC(c1ccccc1)(c1ccccc1)C1CCCC1.S.S. The maximum Gasteiger partial charge on any atom is 0.410 e. The molecule has 1 aliphatic carbocycles. The third kappa shape index (κ3) is 9.06. The van der Waals surface area contributed by atoms with Crippen LogP contribution in [0.3, 0.4) is 0 Å². The molecule has 4 aromatic rings. The van der Waals surface area contributed by atoms with Crippen molar-refractivity contribution in [1.29, 1.82) is 0 Å². The standard InChI is InChI=1S/C22H27NO3.C18H20O.CH4.2H2S/c1-21(2,3)26-20(24)23-16-10-15-19(23)22(25,17-11-6-4-7-12-17)18-13-8-5-9-14-18;19-18(17-13-7-8-14-17,15-9-3-1-4-10-15)16-11-5-2-6-12-16;;;/h4-9,11-14,19,25H,10,15-16H2,1-3H3;1-6,9-12,17,19H,7-8,13-14H2;1H4;2*1H2/t19-;;;;/m0..../s1. The van der Waals surface area contributed by atoms with E-state index in [2.05, 4.69) is 0 Å². The molecule has 1 saturated heterocycles. The fourth-order valence-corrected chi connectivity index (χ4v) is 7.04. The van der Waals surface area contributed by atoms with Gasteiger partial charge in [0.15, 0.2) is 0 Å². The summed E-state index contributed by atoms with van der Waals surface area (Å²) in [5.41, 5.74) is 0.927. The fraction of sp³-hybridized carbons (Fsp3) is 0.390. The number of carbonyl (C=O) groups is 1. The van der Waals surface area contributed by atoms with E-state index in [1.807, 2.05) is 142 Å². The minimum absolute atomic E-state index is 0. The van der Waals surface area contributed by atoms with E-state index in [0.29, 0.717) is 12.5 Å². The van der Waals surface area contributed by atoms with Crippen LogP contribution in [0.25, 0.3) is 0 Å². The first kappa shape index (κ1) is 40.9. The molecule has 0 spiro atoms. The third-order valence-electron chi connectivity index (χ3n) is 9.16. The Morgan fingerprint density at radius 1 is 0.604 bits per heavy atom. The van der Waals surface area contributed by atoms with Crippen LogP contribution in [-0.4, -0.2) is 39.4 Å². The molecule has 1 heterocycles. The van der Waals surface area contributed by atoms with Crippen molar-refractivity contribution < 1.29 is 19.7 Å². The largest absolute Gasteiger partial charge is 0.444 e. The van der Waals surface area contributed by atoms with Crippen molar-refractivity contribution >= 4 is 33.1 Å². The highest BCUT2D eigenvalue weighted by molar-refractivity contribution is 7.59. The molecule has 7 heteroatoms. The molecule has 6 rings (SSSR count). The molecule has 1 aliphatic heterocycles. The molecule has 1 saturated carbocycles. The van der Waals surface area contributed by atoms with Gasteiger partial charge >= 0.3 is 6.09 Å². The van der Waals surface area contributed by atoms with Gasteiger partial charge in [-0.1, -0.05) is 142 Å². The Morgan fingerprint density at radius 2 is 0.958 bits per heavy atom. The molecule has 1 amide bonds. The first-order valence-electron chi connectivity index (χ1n) is 16.3. The van der Waals surface area contributed by atoms with Crippen molar-refractivity contribution in [3.8, 4) is 0 Å². The number of amides is 1. The summed E-state index contributed by atoms with van der Waals surface area (Å²) in [6.07, 6.45) is 5.87. The summed E-state index contributed by atoms with van der Waals surface area (Å²) in [5.74, 6) is 0.331. The highest BCUT2D eigenvalue weighted by atomic mass is 32.1. The minimum Gasteiger partial charge on any atom is -0.444 e. The summed E-state index contributed by atoms with van der Waals surface area (Å²) < 4.78 is 5.59. The van der Waals surface area contributed by atoms with E-state index in [4.69, 9.17) is 4.74 Å². The molecule has 0 aromatic heterocycles. The fourth-order valence-electron chi connectivity index (χ4n) is 7.04. The van der Waals surface area contributed by atoms with Gasteiger partial charge < -0.3 is 19.8 Å². The van der Waals surface area contributed by atoms with Gasteiger partial charge in [0.05, 0.1) is 6.04 Å². The van der Waals surface area contributed by atoms with Gasteiger partial charge in [-0.05, 0) is 74.6 Å². The van der Waals surface area contributed by atoms with Gasteiger partial charge in [0.1, 0.15) is 16.8 Å². The monoisotopic (exact) mass is 689 g/mol. The van der Waals surface area contributed by atoms with Crippen molar-refractivity contribution in [1.82, 2.24) is 4.90 Å². The number of rotatable bonds is 6. The molecule has 4 aromatic carbocycles. The Morgan fingerprint density at radius 3 is 1.31 bits per heavy atom. The van der Waals surface area contributed by atoms with Gasteiger partial charge in [0.25, 0.3) is 0 Å². The lowest BCUT2D eigenvalue weighted by Crippen LogP contribution is -2.51. The lowest BCUT2D eigenvalue weighted by atomic mass is 9.75. The second-order valence-electron chi connectivity index (χ2n) is 13.3. The zero-order valence-electron chi connectivity index (χ0n) is 27.8. The maximum atomic E-state index is 12.8. The van der Waals surface area contributed by atoms with E-state index in [1.165, 1.54) is 12.8 Å². The highest BCUT2D eigenvalue weighted by Gasteiger charge is 2.48. The number of hydrogen-bond acceptors (Lipinski definition) is 4. The smallest absolute Gasteiger partial charge is 0.410 e. The number of aliphatic hydroxyl groups is 2. The molecule has 48 heavy (non-hydrogen) atoms. The molecule has 2 N–H and O–H groups in total. The topological polar surface area (TPSA) is 70.0 Å². The zero-order chi connectivity index (χ0) is 31.9. The quantitative estimate of drug-likeness (QED) is 0.212. The molecular formula is C41H55NO4S2. The van der Waals surface area contributed by atoms with Gasteiger partial charge in [-0.3, -0.25) is 0 Å². The van der Waals surface area contributed by atoms with Crippen LogP contribution in [0.15, 0.2) is 121 Å². The third-order valence-corrected chi connectivity index (χ3v) is 9.16. The Bertz CT molecular complexity index is 1410. The first-order chi connectivity index (χ1) is 21.6. The zero-order valence-corrected chi connectivity index (χ0v) is 29.8. The number of benzene rings is 4. The average Bonchev–Trinajstić information content (AvgIpc) is 3.79. The van der Waals surface area contributed by atoms with Crippen molar-refractivity contribution in [2.45, 2.75) is 89.6 Å². The Balaban J connectivity index is 0.000000326. The number of likely N-dealkylation sites (tertiary alicyclic amines) is 1. The van der Waals surface area contributed by atoms with Gasteiger partial charge in [-0.25, -0.2) is 4.79 Å². The number of hydrogen-bond donors (Lipinski definition) is 2. The van der Waals surface area contributed by atoms with E-state index in [9.17, 15) is 15.0 Å². The molecule has 0 radical (unpaired) electrons. The van der Waals surface area contributed by atoms with E-state index in [1.54, 1.807) is 4.90 Å². The average molecular weight is 690 g/mol. The molecular weight excluding hydrogens is 635 g/mol. The lowest BCUT2D eigenvalue weighted by Gasteiger charge is -2.40. The molecule has 260 valence electrons. The lowest BCUT2D eigenvalue weighted by molar-refractivity contribution is -0.0248. The van der Waals surface area contributed by atoms with Crippen molar-refractivity contribution in [3.63, 3.8) is 0 Å². The predicted molar refractivity (Wildman–Crippen MR) is 207 cm³/mol. The number of carbonyl (C=O) groups excluding carboxylic acids is 1. The second kappa shape index (κ2) is 18.0. The van der Waals surface area contributed by atoms with E-state index in [-0.39, 0.29) is 46.6 Å². The van der Waals surface area contributed by atoms with Crippen LogP contribution in [0, 0.1) is 5.92 Å². The van der Waals surface area contributed by atoms with Crippen molar-refractivity contribution in [2.24, 2.45) is 5.92 Å². The Hall–Kier alpha value is -3.23. The molecule has 1 atom stereocenters. The summed E-state index contributed by atoms with van der Waals surface area (Å²) in [7, 11) is 0. The van der Waals surface area contributed by atoms with E-state index in [0.717, 1.165) is 47.9 Å². The summed E-state index contributed by atoms with van der Waals surface area (Å²) in [6.45, 7) is 6.16. The Labute approximate surface area is 302 Å². The van der Waals surface area contributed by atoms with E-state index >= 15 is 0 Å². The maximum absolute atomic E-state index is 12.8.